The lowest BCUT2D eigenvalue weighted by Crippen LogP contribution is -2.21. The second-order valence-corrected chi connectivity index (χ2v) is 7.22. The summed E-state index contributed by atoms with van der Waals surface area (Å²) in [7, 11) is 0. The molecule has 0 saturated heterocycles. The molecule has 134 valence electrons. The summed E-state index contributed by atoms with van der Waals surface area (Å²) in [4.78, 5) is 24.6. The molecule has 0 saturated carbocycles. The molecule has 6 nitrogen and oxygen atoms in total. The van der Waals surface area contributed by atoms with Gasteiger partial charge in [-0.05, 0) is 32.4 Å². The van der Waals surface area contributed by atoms with E-state index in [-0.39, 0.29) is 22.8 Å². The van der Waals surface area contributed by atoms with Crippen molar-refractivity contribution < 1.29 is 14.3 Å². The highest BCUT2D eigenvalue weighted by Gasteiger charge is 2.18. The topological polar surface area (TPSA) is 91.9 Å². The first-order valence-corrected chi connectivity index (χ1v) is 8.84. The van der Waals surface area contributed by atoms with Gasteiger partial charge in [-0.2, -0.15) is 5.10 Å². The Morgan fingerprint density at radius 1 is 1.31 bits per heavy atom. The van der Waals surface area contributed by atoms with Crippen molar-refractivity contribution in [2.45, 2.75) is 20.8 Å². The van der Waals surface area contributed by atoms with Gasteiger partial charge in [-0.25, -0.2) is 10.2 Å². The maximum absolute atomic E-state index is 12.4. The molecule has 2 N–H and O–H groups in total. The van der Waals surface area contributed by atoms with Gasteiger partial charge in [-0.1, -0.05) is 23.7 Å². The minimum absolute atomic E-state index is 0.103. The smallest absolute Gasteiger partial charge is 0.348 e. The van der Waals surface area contributed by atoms with E-state index in [1.165, 1.54) is 24.3 Å². The van der Waals surface area contributed by atoms with Crippen molar-refractivity contribution in [1.29, 1.82) is 0 Å². The Bertz CT molecular complexity index is 1110. The molecule has 8 heteroatoms. The van der Waals surface area contributed by atoms with Crippen LogP contribution in [0.3, 0.4) is 0 Å². The zero-order chi connectivity index (χ0) is 19.0. The number of hydrogen-bond acceptors (Lipinski definition) is 6. The van der Waals surface area contributed by atoms with Gasteiger partial charge in [0.05, 0.1) is 10.7 Å². The molecule has 0 atom stereocenters. The average Bonchev–Trinajstić information content (AvgIpc) is 2.87. The molecule has 1 amide bonds. The first kappa shape index (κ1) is 18.2. The second-order valence-electron chi connectivity index (χ2n) is 5.79. The van der Waals surface area contributed by atoms with Gasteiger partial charge in [0.15, 0.2) is 0 Å². The normalized spacial score (nSPS) is 11.8. The molecule has 0 fully saturated rings. The number of hydrogen-bond donors (Lipinski definition) is 2. The molecule has 0 spiro atoms. The SMILES string of the molecule is C/C(=N/NC(=O)c1sc2cc(C)ccc2c1Cl)c1c(O)cc(C)oc1=O. The first-order chi connectivity index (χ1) is 12.3. The predicted octanol–water partition coefficient (Wildman–Crippen LogP) is 3.98. The van der Waals surface area contributed by atoms with Crippen LogP contribution in [0, 0.1) is 13.8 Å². The van der Waals surface area contributed by atoms with Crippen LogP contribution in [0.2, 0.25) is 5.02 Å². The van der Waals surface area contributed by atoms with E-state index < -0.39 is 11.5 Å². The van der Waals surface area contributed by atoms with Crippen molar-refractivity contribution >= 4 is 44.6 Å². The van der Waals surface area contributed by atoms with E-state index in [0.717, 1.165) is 15.6 Å². The van der Waals surface area contributed by atoms with Crippen LogP contribution in [0.15, 0.2) is 38.6 Å². The van der Waals surface area contributed by atoms with Gasteiger partial charge in [-0.15, -0.1) is 11.3 Å². The van der Waals surface area contributed by atoms with Crippen molar-refractivity contribution in [3.63, 3.8) is 0 Å². The summed E-state index contributed by atoms with van der Waals surface area (Å²) in [5.74, 6) is -0.478. The van der Waals surface area contributed by atoms with E-state index >= 15 is 0 Å². The van der Waals surface area contributed by atoms with Crippen LogP contribution in [-0.4, -0.2) is 16.7 Å². The number of aromatic hydroxyl groups is 1. The Morgan fingerprint density at radius 2 is 2.04 bits per heavy atom. The third kappa shape index (κ3) is 3.36. The van der Waals surface area contributed by atoms with Gasteiger partial charge in [0.1, 0.15) is 22.0 Å². The van der Waals surface area contributed by atoms with Crippen molar-refractivity contribution in [3.8, 4) is 5.75 Å². The number of amides is 1. The van der Waals surface area contributed by atoms with E-state index in [0.29, 0.717) is 9.90 Å². The number of carbonyl (C=O) groups is 1. The van der Waals surface area contributed by atoms with Gasteiger partial charge in [0.25, 0.3) is 5.91 Å². The molecule has 3 rings (SSSR count). The molecule has 3 aromatic rings. The zero-order valence-electron chi connectivity index (χ0n) is 14.2. The van der Waals surface area contributed by atoms with Crippen molar-refractivity contribution in [2.24, 2.45) is 5.10 Å². The molecular formula is C18H15ClN2O4S. The largest absolute Gasteiger partial charge is 0.507 e. The third-order valence-corrected chi connectivity index (χ3v) is 5.39. The highest BCUT2D eigenvalue weighted by Crippen LogP contribution is 2.35. The lowest BCUT2D eigenvalue weighted by molar-refractivity contribution is 0.0959. The number of nitrogens with zero attached hydrogens (tertiary/aromatic N) is 1. The number of rotatable bonds is 3. The molecule has 0 aliphatic heterocycles. The molecular weight excluding hydrogens is 376 g/mol. The van der Waals surface area contributed by atoms with Crippen LogP contribution in [0.25, 0.3) is 10.1 Å². The fourth-order valence-electron chi connectivity index (χ4n) is 2.49. The molecule has 1 aromatic carbocycles. The highest BCUT2D eigenvalue weighted by atomic mass is 35.5. The monoisotopic (exact) mass is 390 g/mol. The van der Waals surface area contributed by atoms with Gasteiger partial charge in [-0.3, -0.25) is 4.79 Å². The molecule has 2 heterocycles. The molecule has 0 unspecified atom stereocenters. The van der Waals surface area contributed by atoms with Crippen LogP contribution in [0.5, 0.6) is 5.75 Å². The number of nitrogens with one attached hydrogen (secondary N) is 1. The first-order valence-electron chi connectivity index (χ1n) is 7.65. The lowest BCUT2D eigenvalue weighted by Gasteiger charge is -2.04. The molecule has 2 aromatic heterocycles. The fourth-order valence-corrected chi connectivity index (χ4v) is 3.99. The van der Waals surface area contributed by atoms with E-state index in [4.69, 9.17) is 16.0 Å². The van der Waals surface area contributed by atoms with E-state index in [2.05, 4.69) is 10.5 Å². The average molecular weight is 391 g/mol. The Kier molecular flexibility index (Phi) is 4.84. The highest BCUT2D eigenvalue weighted by molar-refractivity contribution is 7.21. The van der Waals surface area contributed by atoms with Gasteiger partial charge in [0.2, 0.25) is 0 Å². The van der Waals surface area contributed by atoms with E-state index in [1.807, 2.05) is 25.1 Å². The number of benzene rings is 1. The third-order valence-electron chi connectivity index (χ3n) is 3.73. The van der Waals surface area contributed by atoms with Crippen molar-refractivity contribution in [2.75, 3.05) is 0 Å². The number of hydrazone groups is 1. The molecule has 0 bridgehead atoms. The molecule has 0 aliphatic rings. The second kappa shape index (κ2) is 6.93. The fraction of sp³-hybridized carbons (Fsp3) is 0.167. The molecule has 0 radical (unpaired) electrons. The minimum atomic E-state index is -0.728. The summed E-state index contributed by atoms with van der Waals surface area (Å²) < 4.78 is 5.84. The van der Waals surface area contributed by atoms with E-state index in [1.54, 1.807) is 6.92 Å². The van der Waals surface area contributed by atoms with Crippen LogP contribution in [0.4, 0.5) is 0 Å². The maximum atomic E-state index is 12.4. The van der Waals surface area contributed by atoms with Crippen LogP contribution >= 0.6 is 22.9 Å². The maximum Gasteiger partial charge on any atom is 0.348 e. The van der Waals surface area contributed by atoms with E-state index in [9.17, 15) is 14.7 Å². The van der Waals surface area contributed by atoms with Gasteiger partial charge in [0, 0.05) is 16.2 Å². The summed E-state index contributed by atoms with van der Waals surface area (Å²) in [6, 6.07) is 7.05. The number of halogens is 1. The van der Waals surface area contributed by atoms with Gasteiger partial charge < -0.3 is 9.52 Å². The van der Waals surface area contributed by atoms with Crippen molar-refractivity contribution in [3.05, 3.63) is 61.5 Å². The number of aryl methyl sites for hydroxylation is 2. The Hall–Kier alpha value is -2.64. The summed E-state index contributed by atoms with van der Waals surface area (Å²) >= 11 is 7.56. The summed E-state index contributed by atoms with van der Waals surface area (Å²) in [5, 5.41) is 15.0. The van der Waals surface area contributed by atoms with Gasteiger partial charge >= 0.3 is 5.63 Å². The summed E-state index contributed by atoms with van der Waals surface area (Å²) in [5.41, 5.74) is 2.73. The lowest BCUT2D eigenvalue weighted by atomic mass is 10.2. The predicted molar refractivity (Wildman–Crippen MR) is 103 cm³/mol. The van der Waals surface area contributed by atoms with Crippen molar-refractivity contribution in [1.82, 2.24) is 5.43 Å². The number of fused-ring (bicyclic) bond motifs is 1. The minimum Gasteiger partial charge on any atom is -0.507 e. The Morgan fingerprint density at radius 3 is 2.73 bits per heavy atom. The quantitative estimate of drug-likeness (QED) is 0.522. The standard InChI is InChI=1S/C18H15ClN2O4S/c1-8-4-5-11-13(6-8)26-16(15(11)19)17(23)21-20-10(3)14-12(22)7-9(2)25-18(14)24/h4-7,22H,1-3H3,(H,21,23)/b20-10-. The van der Waals surface area contributed by atoms with Crippen LogP contribution < -0.4 is 11.1 Å². The molecule has 0 aliphatic carbocycles. The Balaban J connectivity index is 1.90. The summed E-state index contributed by atoms with van der Waals surface area (Å²) in [6.45, 7) is 4.99. The van der Waals surface area contributed by atoms with Crippen LogP contribution in [0.1, 0.15) is 33.5 Å². The Labute approximate surface area is 157 Å². The zero-order valence-corrected chi connectivity index (χ0v) is 15.8. The molecule has 26 heavy (non-hydrogen) atoms. The number of thiophene rings is 1. The summed E-state index contributed by atoms with van der Waals surface area (Å²) in [6.07, 6.45) is 0. The van der Waals surface area contributed by atoms with Crippen LogP contribution in [-0.2, 0) is 0 Å². The number of carbonyl (C=O) groups excluding carboxylic acids is 1.